The maximum atomic E-state index is 5.17. The van der Waals surface area contributed by atoms with Crippen molar-refractivity contribution in [2.24, 2.45) is 4.99 Å². The molecule has 1 aromatic heterocycles. The molecule has 0 amide bonds. The van der Waals surface area contributed by atoms with Crippen molar-refractivity contribution in [1.29, 1.82) is 0 Å². The highest BCUT2D eigenvalue weighted by atomic mass is 127. The summed E-state index contributed by atoms with van der Waals surface area (Å²) in [6, 6.07) is 6.57. The molecule has 0 atom stereocenters. The van der Waals surface area contributed by atoms with Gasteiger partial charge < -0.3 is 19.6 Å². The number of aromatic nitrogens is 2. The number of benzene rings is 1. The molecule has 1 fully saturated rings. The van der Waals surface area contributed by atoms with E-state index in [-0.39, 0.29) is 24.0 Å². The lowest BCUT2D eigenvalue weighted by atomic mass is 10.1. The molecule has 0 spiro atoms. The number of hydrogen-bond donors (Lipinski definition) is 1. The Morgan fingerprint density at radius 2 is 1.93 bits per heavy atom. The number of halogens is 1. The summed E-state index contributed by atoms with van der Waals surface area (Å²) in [5, 5.41) is 7.27. The summed E-state index contributed by atoms with van der Waals surface area (Å²) in [4.78, 5) is 13.9. The number of piperazine rings is 1. The number of nitrogens with one attached hydrogen (secondary N) is 1. The number of rotatable bonds is 6. The second kappa shape index (κ2) is 11.4. The topological polar surface area (TPSA) is 69.8 Å². The summed E-state index contributed by atoms with van der Waals surface area (Å²) >= 11 is 0. The van der Waals surface area contributed by atoms with E-state index in [1.54, 1.807) is 0 Å². The lowest BCUT2D eigenvalue weighted by Crippen LogP contribution is -2.52. The lowest BCUT2D eigenvalue weighted by Gasteiger charge is -2.38. The van der Waals surface area contributed by atoms with E-state index in [1.807, 2.05) is 6.92 Å². The van der Waals surface area contributed by atoms with Gasteiger partial charge in [-0.2, -0.15) is 4.98 Å². The van der Waals surface area contributed by atoms with Crippen LogP contribution in [0.2, 0.25) is 0 Å². The fourth-order valence-electron chi connectivity index (χ4n) is 3.52. The van der Waals surface area contributed by atoms with Gasteiger partial charge in [-0.15, -0.1) is 24.0 Å². The second-order valence-electron chi connectivity index (χ2n) is 7.27. The predicted molar refractivity (Wildman–Crippen MR) is 128 cm³/mol. The van der Waals surface area contributed by atoms with Gasteiger partial charge in [-0.1, -0.05) is 17.3 Å². The lowest BCUT2D eigenvalue weighted by molar-refractivity contribution is 0.368. The fourth-order valence-corrected chi connectivity index (χ4v) is 3.52. The average molecular weight is 512 g/mol. The molecule has 2 heterocycles. The molecule has 1 aliphatic heterocycles. The Morgan fingerprint density at radius 3 is 2.59 bits per heavy atom. The number of aliphatic imine (C=N–C) groups is 1. The minimum absolute atomic E-state index is 0. The van der Waals surface area contributed by atoms with Crippen molar-refractivity contribution < 1.29 is 4.52 Å². The molecular weight excluding hydrogens is 479 g/mol. The van der Waals surface area contributed by atoms with Crippen LogP contribution in [0.25, 0.3) is 0 Å². The van der Waals surface area contributed by atoms with Crippen LogP contribution in [0, 0.1) is 20.8 Å². The molecule has 1 saturated heterocycles. The Bertz CT molecular complexity index is 798. The van der Waals surface area contributed by atoms with E-state index in [0.717, 1.165) is 58.1 Å². The molecule has 0 unspecified atom stereocenters. The van der Waals surface area contributed by atoms with E-state index in [9.17, 15) is 0 Å². The van der Waals surface area contributed by atoms with Gasteiger partial charge in [0, 0.05) is 51.4 Å². The Morgan fingerprint density at radius 1 is 1.17 bits per heavy atom. The highest BCUT2D eigenvalue weighted by Gasteiger charge is 2.21. The first-order valence-electron chi connectivity index (χ1n) is 10.2. The van der Waals surface area contributed by atoms with Crippen LogP contribution in [-0.2, 0) is 6.42 Å². The van der Waals surface area contributed by atoms with E-state index in [2.05, 4.69) is 64.2 Å². The fraction of sp³-hybridized carbons (Fsp3) is 0.571. The first kappa shape index (κ1) is 23.4. The summed E-state index contributed by atoms with van der Waals surface area (Å²) in [5.74, 6) is 2.39. The van der Waals surface area contributed by atoms with Crippen molar-refractivity contribution in [2.45, 2.75) is 40.5 Å². The van der Waals surface area contributed by atoms with Crippen LogP contribution in [0.5, 0.6) is 0 Å². The van der Waals surface area contributed by atoms with Crippen LogP contribution in [-0.4, -0.2) is 60.3 Å². The average Bonchev–Trinajstić information content (AvgIpc) is 3.12. The summed E-state index contributed by atoms with van der Waals surface area (Å²) in [6.45, 7) is 13.9. The van der Waals surface area contributed by atoms with Gasteiger partial charge in [0.1, 0.15) is 0 Å². The van der Waals surface area contributed by atoms with Crippen LogP contribution >= 0.6 is 24.0 Å². The molecule has 2 aromatic rings. The molecule has 1 aliphatic rings. The summed E-state index contributed by atoms with van der Waals surface area (Å²) < 4.78 is 5.17. The van der Waals surface area contributed by atoms with Gasteiger partial charge in [-0.05, 0) is 51.3 Å². The first-order valence-corrected chi connectivity index (χ1v) is 10.2. The minimum atomic E-state index is 0. The monoisotopic (exact) mass is 512 g/mol. The molecule has 7 nitrogen and oxygen atoms in total. The molecule has 8 heteroatoms. The summed E-state index contributed by atoms with van der Waals surface area (Å²) in [6.07, 6.45) is 1.67. The van der Waals surface area contributed by atoms with Crippen LogP contribution < -0.4 is 10.2 Å². The smallest absolute Gasteiger partial charge is 0.226 e. The third-order valence-electron chi connectivity index (χ3n) is 5.21. The molecule has 29 heavy (non-hydrogen) atoms. The predicted octanol–water partition coefficient (Wildman–Crippen LogP) is 3.33. The zero-order valence-electron chi connectivity index (χ0n) is 17.9. The van der Waals surface area contributed by atoms with E-state index < -0.39 is 0 Å². The highest BCUT2D eigenvalue weighted by Crippen LogP contribution is 2.23. The first-order chi connectivity index (χ1) is 13.6. The van der Waals surface area contributed by atoms with Gasteiger partial charge in [-0.25, -0.2) is 0 Å². The van der Waals surface area contributed by atoms with Crippen molar-refractivity contribution in [3.63, 3.8) is 0 Å². The molecule has 0 aliphatic carbocycles. The second-order valence-corrected chi connectivity index (χ2v) is 7.27. The quantitative estimate of drug-likeness (QED) is 0.277. The maximum Gasteiger partial charge on any atom is 0.226 e. The van der Waals surface area contributed by atoms with Gasteiger partial charge in [0.25, 0.3) is 0 Å². The number of anilines is 1. The van der Waals surface area contributed by atoms with Crippen molar-refractivity contribution in [3.05, 3.63) is 41.0 Å². The largest absolute Gasteiger partial charge is 0.368 e. The third kappa shape index (κ3) is 6.32. The van der Waals surface area contributed by atoms with E-state index >= 15 is 0 Å². The SMILES string of the molecule is CCNC(=NCCCc1nc(C)no1)N1CCN(c2cccc(C)c2C)CC1.I. The normalized spacial score (nSPS) is 14.7. The van der Waals surface area contributed by atoms with Crippen LogP contribution in [0.4, 0.5) is 5.69 Å². The maximum absolute atomic E-state index is 5.17. The Hall–Kier alpha value is -1.84. The van der Waals surface area contributed by atoms with Crippen molar-refractivity contribution in [1.82, 2.24) is 20.4 Å². The zero-order valence-corrected chi connectivity index (χ0v) is 20.3. The Kier molecular flexibility index (Phi) is 9.19. The van der Waals surface area contributed by atoms with Gasteiger partial charge in [-0.3, -0.25) is 4.99 Å². The van der Waals surface area contributed by atoms with Crippen LogP contribution in [0.1, 0.15) is 36.2 Å². The summed E-state index contributed by atoms with van der Waals surface area (Å²) in [7, 11) is 0. The van der Waals surface area contributed by atoms with Gasteiger partial charge >= 0.3 is 0 Å². The number of nitrogens with zero attached hydrogens (tertiary/aromatic N) is 5. The molecule has 1 aromatic carbocycles. The molecule has 1 N–H and O–H groups in total. The Labute approximate surface area is 191 Å². The molecule has 0 radical (unpaired) electrons. The molecular formula is C21H33IN6O. The number of hydrogen-bond acceptors (Lipinski definition) is 5. The molecule has 0 bridgehead atoms. The Balaban J connectivity index is 0.00000300. The highest BCUT2D eigenvalue weighted by molar-refractivity contribution is 14.0. The van der Waals surface area contributed by atoms with Crippen molar-refractivity contribution in [3.8, 4) is 0 Å². The van der Waals surface area contributed by atoms with Crippen molar-refractivity contribution >= 4 is 35.6 Å². The third-order valence-corrected chi connectivity index (χ3v) is 5.21. The molecule has 3 rings (SSSR count). The van der Waals surface area contributed by atoms with Gasteiger partial charge in [0.05, 0.1) is 0 Å². The number of guanidine groups is 1. The van der Waals surface area contributed by atoms with E-state index in [0.29, 0.717) is 11.7 Å². The minimum Gasteiger partial charge on any atom is -0.368 e. The van der Waals surface area contributed by atoms with Crippen molar-refractivity contribution in [2.75, 3.05) is 44.2 Å². The van der Waals surface area contributed by atoms with Gasteiger partial charge in [0.15, 0.2) is 11.8 Å². The zero-order chi connectivity index (χ0) is 19.9. The summed E-state index contributed by atoms with van der Waals surface area (Å²) in [5.41, 5.74) is 4.09. The van der Waals surface area contributed by atoms with Gasteiger partial charge in [0.2, 0.25) is 5.89 Å². The standard InChI is InChI=1S/C21H32N6O.HI/c1-5-22-21(23-11-7-10-20-24-18(4)25-28-20)27-14-12-26(13-15-27)19-9-6-8-16(2)17(19)3;/h6,8-9H,5,7,10-15H2,1-4H3,(H,22,23);1H. The number of aryl methyl sites for hydroxylation is 3. The van der Waals surface area contributed by atoms with E-state index in [4.69, 9.17) is 9.52 Å². The van der Waals surface area contributed by atoms with E-state index in [1.165, 1.54) is 16.8 Å². The van der Waals surface area contributed by atoms with Crippen LogP contribution in [0.3, 0.4) is 0 Å². The molecule has 160 valence electrons. The van der Waals surface area contributed by atoms with Crippen LogP contribution in [0.15, 0.2) is 27.7 Å². The molecule has 0 saturated carbocycles.